The van der Waals surface area contributed by atoms with Gasteiger partial charge < -0.3 is 10.1 Å². The molecule has 0 spiro atoms. The third-order valence-corrected chi connectivity index (χ3v) is 3.23. The largest absolute Gasteiger partial charge is 0.466 e. The SMILES string of the molecule is CCOC(=O)CCNCc1nc(C)c(C)s1. The van der Waals surface area contributed by atoms with Gasteiger partial charge in [-0.1, -0.05) is 0 Å². The maximum atomic E-state index is 11.0. The molecule has 1 rings (SSSR count). The number of nitrogens with one attached hydrogen (secondary N) is 1. The zero-order valence-electron chi connectivity index (χ0n) is 10.0. The molecule has 1 heterocycles. The fourth-order valence-electron chi connectivity index (χ4n) is 1.23. The van der Waals surface area contributed by atoms with Gasteiger partial charge in [-0.3, -0.25) is 4.79 Å². The van der Waals surface area contributed by atoms with E-state index in [4.69, 9.17) is 4.74 Å². The van der Waals surface area contributed by atoms with Gasteiger partial charge >= 0.3 is 5.97 Å². The van der Waals surface area contributed by atoms with E-state index in [1.807, 2.05) is 13.8 Å². The number of carbonyl (C=O) groups excluding carboxylic acids is 1. The molecule has 0 aliphatic carbocycles. The number of esters is 1. The fourth-order valence-corrected chi connectivity index (χ4v) is 2.14. The van der Waals surface area contributed by atoms with Gasteiger partial charge in [0.15, 0.2) is 0 Å². The third-order valence-electron chi connectivity index (χ3n) is 2.16. The molecule has 1 N–H and O–H groups in total. The first kappa shape index (κ1) is 13.1. The first-order chi connectivity index (χ1) is 7.63. The van der Waals surface area contributed by atoms with Crippen molar-refractivity contribution in [2.45, 2.75) is 33.7 Å². The zero-order chi connectivity index (χ0) is 12.0. The monoisotopic (exact) mass is 242 g/mol. The van der Waals surface area contributed by atoms with Gasteiger partial charge in [-0.25, -0.2) is 4.98 Å². The molecule has 1 aromatic heterocycles. The van der Waals surface area contributed by atoms with Crippen LogP contribution in [0.5, 0.6) is 0 Å². The van der Waals surface area contributed by atoms with E-state index in [0.717, 1.165) is 17.2 Å². The highest BCUT2D eigenvalue weighted by Gasteiger charge is 2.04. The predicted molar refractivity (Wildman–Crippen MR) is 64.5 cm³/mol. The molecule has 1 aromatic rings. The van der Waals surface area contributed by atoms with Crippen LogP contribution in [-0.2, 0) is 16.1 Å². The number of thiazole rings is 1. The molecular formula is C11H18N2O2S. The smallest absolute Gasteiger partial charge is 0.307 e. The molecule has 0 fully saturated rings. The topological polar surface area (TPSA) is 51.2 Å². The van der Waals surface area contributed by atoms with E-state index in [1.165, 1.54) is 4.88 Å². The van der Waals surface area contributed by atoms with Crippen molar-refractivity contribution >= 4 is 17.3 Å². The summed E-state index contributed by atoms with van der Waals surface area (Å²) in [5, 5.41) is 4.25. The second-order valence-corrected chi connectivity index (χ2v) is 4.77. The number of aryl methyl sites for hydroxylation is 2. The van der Waals surface area contributed by atoms with Crippen molar-refractivity contribution in [2.24, 2.45) is 0 Å². The highest BCUT2D eigenvalue weighted by molar-refractivity contribution is 7.11. The summed E-state index contributed by atoms with van der Waals surface area (Å²) in [6.45, 7) is 7.69. The molecule has 0 aromatic carbocycles. The number of nitrogens with zero attached hydrogens (tertiary/aromatic N) is 1. The lowest BCUT2D eigenvalue weighted by Gasteiger charge is -2.02. The van der Waals surface area contributed by atoms with Crippen molar-refractivity contribution in [3.63, 3.8) is 0 Å². The molecule has 90 valence electrons. The molecule has 16 heavy (non-hydrogen) atoms. The van der Waals surface area contributed by atoms with Gasteiger partial charge in [-0.2, -0.15) is 0 Å². The van der Waals surface area contributed by atoms with Crippen LogP contribution in [0.3, 0.4) is 0 Å². The Balaban J connectivity index is 2.18. The average molecular weight is 242 g/mol. The van der Waals surface area contributed by atoms with Crippen molar-refractivity contribution in [1.29, 1.82) is 0 Å². The molecule has 0 amide bonds. The first-order valence-electron chi connectivity index (χ1n) is 5.42. The summed E-state index contributed by atoms with van der Waals surface area (Å²) >= 11 is 1.69. The third kappa shape index (κ3) is 4.28. The summed E-state index contributed by atoms with van der Waals surface area (Å²) in [7, 11) is 0. The maximum Gasteiger partial charge on any atom is 0.307 e. The zero-order valence-corrected chi connectivity index (χ0v) is 10.8. The Kier molecular flexibility index (Phi) is 5.42. The van der Waals surface area contributed by atoms with Gasteiger partial charge in [0.2, 0.25) is 0 Å². The van der Waals surface area contributed by atoms with Crippen LogP contribution in [0.1, 0.15) is 28.9 Å². The van der Waals surface area contributed by atoms with Crippen LogP contribution >= 0.6 is 11.3 Å². The highest BCUT2D eigenvalue weighted by Crippen LogP contribution is 2.15. The Morgan fingerprint density at radius 1 is 1.50 bits per heavy atom. The summed E-state index contributed by atoms with van der Waals surface area (Å²) in [6.07, 6.45) is 0.414. The Morgan fingerprint density at radius 3 is 2.81 bits per heavy atom. The summed E-state index contributed by atoms with van der Waals surface area (Å²) in [4.78, 5) is 16.7. The van der Waals surface area contributed by atoms with Crippen molar-refractivity contribution < 1.29 is 9.53 Å². The van der Waals surface area contributed by atoms with Gasteiger partial charge in [0, 0.05) is 18.0 Å². The van der Waals surface area contributed by atoms with E-state index >= 15 is 0 Å². The maximum absolute atomic E-state index is 11.0. The van der Waals surface area contributed by atoms with Crippen molar-refractivity contribution in [1.82, 2.24) is 10.3 Å². The number of ether oxygens (including phenoxy) is 1. The second kappa shape index (κ2) is 6.60. The number of aromatic nitrogens is 1. The van der Waals surface area contributed by atoms with Crippen LogP contribution in [0.15, 0.2) is 0 Å². The van der Waals surface area contributed by atoms with Crippen LogP contribution in [0.4, 0.5) is 0 Å². The first-order valence-corrected chi connectivity index (χ1v) is 6.24. The standard InChI is InChI=1S/C11H18N2O2S/c1-4-15-11(14)5-6-12-7-10-13-8(2)9(3)16-10/h12H,4-7H2,1-3H3. The number of carbonyl (C=O) groups is 1. The summed E-state index contributed by atoms with van der Waals surface area (Å²) < 4.78 is 4.83. The molecule has 0 atom stereocenters. The molecule has 5 heteroatoms. The Bertz CT molecular complexity index is 330. The minimum Gasteiger partial charge on any atom is -0.466 e. The van der Waals surface area contributed by atoms with E-state index in [2.05, 4.69) is 17.2 Å². The van der Waals surface area contributed by atoms with Gasteiger partial charge in [-0.15, -0.1) is 11.3 Å². The lowest BCUT2D eigenvalue weighted by atomic mass is 10.4. The van der Waals surface area contributed by atoms with Crippen LogP contribution in [0.25, 0.3) is 0 Å². The van der Waals surface area contributed by atoms with E-state index in [9.17, 15) is 4.79 Å². The van der Waals surface area contributed by atoms with Crippen LogP contribution in [0, 0.1) is 13.8 Å². The second-order valence-electron chi connectivity index (χ2n) is 3.48. The summed E-state index contributed by atoms with van der Waals surface area (Å²) in [5.74, 6) is -0.151. The average Bonchev–Trinajstić information content (AvgIpc) is 2.54. The van der Waals surface area contributed by atoms with Gasteiger partial charge in [0.25, 0.3) is 0 Å². The molecule has 0 saturated carbocycles. The molecule has 4 nitrogen and oxygen atoms in total. The number of rotatable bonds is 6. The lowest BCUT2D eigenvalue weighted by molar-refractivity contribution is -0.142. The van der Waals surface area contributed by atoms with Crippen molar-refractivity contribution in [3.8, 4) is 0 Å². The molecule has 0 radical (unpaired) electrons. The van der Waals surface area contributed by atoms with Crippen LogP contribution < -0.4 is 5.32 Å². The fraction of sp³-hybridized carbons (Fsp3) is 0.636. The lowest BCUT2D eigenvalue weighted by Crippen LogP contribution is -2.18. The predicted octanol–water partition coefficient (Wildman–Crippen LogP) is 1.80. The van der Waals surface area contributed by atoms with Gasteiger partial charge in [0.05, 0.1) is 18.7 Å². The van der Waals surface area contributed by atoms with Crippen molar-refractivity contribution in [3.05, 3.63) is 15.6 Å². The number of hydrogen-bond donors (Lipinski definition) is 1. The van der Waals surface area contributed by atoms with E-state index in [-0.39, 0.29) is 5.97 Å². The normalized spacial score (nSPS) is 10.4. The molecule has 0 bridgehead atoms. The van der Waals surface area contributed by atoms with E-state index < -0.39 is 0 Å². The van der Waals surface area contributed by atoms with E-state index in [0.29, 0.717) is 19.6 Å². The van der Waals surface area contributed by atoms with E-state index in [1.54, 1.807) is 11.3 Å². The Morgan fingerprint density at radius 2 is 2.25 bits per heavy atom. The molecular weight excluding hydrogens is 224 g/mol. The minimum absolute atomic E-state index is 0.151. The minimum atomic E-state index is -0.151. The molecule has 0 aliphatic rings. The molecule has 0 unspecified atom stereocenters. The summed E-state index contributed by atoms with van der Waals surface area (Å²) in [5.41, 5.74) is 1.09. The van der Waals surface area contributed by atoms with Gasteiger partial charge in [-0.05, 0) is 20.8 Å². The number of hydrogen-bond acceptors (Lipinski definition) is 5. The Hall–Kier alpha value is -0.940. The molecule has 0 aliphatic heterocycles. The highest BCUT2D eigenvalue weighted by atomic mass is 32.1. The van der Waals surface area contributed by atoms with Crippen LogP contribution in [-0.4, -0.2) is 24.1 Å². The van der Waals surface area contributed by atoms with Crippen LogP contribution in [0.2, 0.25) is 0 Å². The Labute approximate surface area is 100 Å². The quantitative estimate of drug-likeness (QED) is 0.610. The van der Waals surface area contributed by atoms with Crippen molar-refractivity contribution in [2.75, 3.05) is 13.2 Å². The van der Waals surface area contributed by atoms with Gasteiger partial charge in [0.1, 0.15) is 5.01 Å². The summed E-state index contributed by atoms with van der Waals surface area (Å²) in [6, 6.07) is 0. The molecule has 0 saturated heterocycles.